The molecule has 0 unspecified atom stereocenters. The lowest BCUT2D eigenvalue weighted by Crippen LogP contribution is -2.47. The maximum absolute atomic E-state index is 14.2. The molecule has 0 atom stereocenters. The minimum atomic E-state index is -2.18. The third-order valence-electron chi connectivity index (χ3n) is 6.10. The number of nitrogens with zero attached hydrogens (tertiary/aromatic N) is 2. The highest BCUT2D eigenvalue weighted by Crippen LogP contribution is 2.33. The van der Waals surface area contributed by atoms with Gasteiger partial charge in [-0.1, -0.05) is 17.7 Å². The van der Waals surface area contributed by atoms with Gasteiger partial charge in [-0.3, -0.25) is 4.79 Å². The summed E-state index contributed by atoms with van der Waals surface area (Å²) in [5.41, 5.74) is 2.76. The molecule has 1 aliphatic heterocycles. The fraction of sp³-hybridized carbons (Fsp3) is 0.240. The van der Waals surface area contributed by atoms with Gasteiger partial charge in [0.05, 0.1) is 10.7 Å². The van der Waals surface area contributed by atoms with E-state index in [1.54, 1.807) is 30.3 Å². The van der Waals surface area contributed by atoms with Crippen molar-refractivity contribution in [3.05, 3.63) is 87.2 Å². The molecule has 1 fully saturated rings. The van der Waals surface area contributed by atoms with Crippen LogP contribution in [0.1, 0.15) is 21.5 Å². The van der Waals surface area contributed by atoms with Gasteiger partial charge in [-0.15, -0.1) is 0 Å². The number of rotatable bonds is 4. The SMILES string of the molecule is Cc1ccc(C(=O)Nc2ccc(N3CCN(c4c(F)c(F)c(F)c(F)c4F)CC3)c(Cl)c2)cc1C. The molecule has 1 saturated heterocycles. The molecule has 3 aromatic carbocycles. The summed E-state index contributed by atoms with van der Waals surface area (Å²) in [4.78, 5) is 15.5. The Balaban J connectivity index is 1.45. The number of hydrogen-bond donors (Lipinski definition) is 1. The van der Waals surface area contributed by atoms with Crippen LogP contribution in [-0.2, 0) is 0 Å². The Kier molecular flexibility index (Phi) is 6.89. The highest BCUT2D eigenvalue weighted by molar-refractivity contribution is 6.33. The zero-order chi connectivity index (χ0) is 25.4. The van der Waals surface area contributed by atoms with E-state index in [2.05, 4.69) is 5.32 Å². The van der Waals surface area contributed by atoms with Crippen molar-refractivity contribution in [1.82, 2.24) is 0 Å². The minimum absolute atomic E-state index is 0.0138. The molecule has 0 spiro atoms. The fourth-order valence-electron chi connectivity index (χ4n) is 3.97. The summed E-state index contributed by atoms with van der Waals surface area (Å²) < 4.78 is 68.8. The molecular weight excluding hydrogens is 489 g/mol. The Labute approximate surface area is 203 Å². The largest absolute Gasteiger partial charge is 0.367 e. The van der Waals surface area contributed by atoms with Crippen molar-refractivity contribution in [2.24, 2.45) is 0 Å². The maximum Gasteiger partial charge on any atom is 0.255 e. The number of piperazine rings is 1. The van der Waals surface area contributed by atoms with Crippen LogP contribution in [0.4, 0.5) is 39.0 Å². The van der Waals surface area contributed by atoms with Crippen LogP contribution < -0.4 is 15.1 Å². The lowest BCUT2D eigenvalue weighted by molar-refractivity contribution is 0.102. The smallest absolute Gasteiger partial charge is 0.255 e. The summed E-state index contributed by atoms with van der Waals surface area (Å²) in [5, 5.41) is 3.14. The lowest BCUT2D eigenvalue weighted by Gasteiger charge is -2.38. The predicted octanol–water partition coefficient (Wildman–Crippen LogP) is 6.23. The third kappa shape index (κ3) is 4.77. The van der Waals surface area contributed by atoms with Crippen LogP contribution in [0.2, 0.25) is 5.02 Å². The van der Waals surface area contributed by atoms with Crippen molar-refractivity contribution in [2.75, 3.05) is 41.3 Å². The number of benzene rings is 3. The first-order chi connectivity index (χ1) is 16.6. The quantitative estimate of drug-likeness (QED) is 0.257. The number of aryl methyl sites for hydroxylation is 2. The van der Waals surface area contributed by atoms with Gasteiger partial charge < -0.3 is 15.1 Å². The molecule has 4 rings (SSSR count). The number of amides is 1. The highest BCUT2D eigenvalue weighted by Gasteiger charge is 2.31. The van der Waals surface area contributed by atoms with E-state index >= 15 is 0 Å². The first kappa shape index (κ1) is 24.8. The van der Waals surface area contributed by atoms with Crippen molar-refractivity contribution >= 4 is 34.6 Å². The molecular formula is C25H21ClF5N3O. The predicted molar refractivity (Wildman–Crippen MR) is 126 cm³/mol. The molecule has 35 heavy (non-hydrogen) atoms. The Morgan fingerprint density at radius 1 is 0.771 bits per heavy atom. The van der Waals surface area contributed by atoms with E-state index in [9.17, 15) is 26.7 Å². The van der Waals surface area contributed by atoms with E-state index in [4.69, 9.17) is 11.6 Å². The number of nitrogens with one attached hydrogen (secondary N) is 1. The summed E-state index contributed by atoms with van der Waals surface area (Å²) in [7, 11) is 0. The molecule has 0 aliphatic carbocycles. The molecule has 1 heterocycles. The van der Waals surface area contributed by atoms with Gasteiger partial charge in [0.25, 0.3) is 5.91 Å². The minimum Gasteiger partial charge on any atom is -0.367 e. The van der Waals surface area contributed by atoms with Crippen LogP contribution in [0.5, 0.6) is 0 Å². The van der Waals surface area contributed by atoms with Gasteiger partial charge in [-0.25, -0.2) is 22.0 Å². The molecule has 0 saturated carbocycles. The van der Waals surface area contributed by atoms with E-state index < -0.39 is 34.8 Å². The Bertz CT molecular complexity index is 1280. The monoisotopic (exact) mass is 509 g/mol. The first-order valence-electron chi connectivity index (χ1n) is 10.8. The van der Waals surface area contributed by atoms with Crippen molar-refractivity contribution in [3.63, 3.8) is 0 Å². The van der Waals surface area contributed by atoms with Gasteiger partial charge in [0, 0.05) is 37.4 Å². The molecule has 1 aliphatic rings. The Morgan fingerprint density at radius 2 is 1.34 bits per heavy atom. The van der Waals surface area contributed by atoms with Crippen LogP contribution >= 0.6 is 11.6 Å². The molecule has 0 bridgehead atoms. The number of halogens is 6. The van der Waals surface area contributed by atoms with E-state index in [0.29, 0.717) is 22.0 Å². The number of anilines is 3. The first-order valence-corrected chi connectivity index (χ1v) is 11.2. The number of hydrogen-bond acceptors (Lipinski definition) is 3. The van der Waals surface area contributed by atoms with Gasteiger partial charge in [0.2, 0.25) is 5.82 Å². The van der Waals surface area contributed by atoms with E-state index in [1.807, 2.05) is 24.8 Å². The summed E-state index contributed by atoms with van der Waals surface area (Å²) in [6.45, 7) is 4.36. The van der Waals surface area contributed by atoms with Crippen LogP contribution in [0.3, 0.4) is 0 Å². The molecule has 10 heteroatoms. The zero-order valence-electron chi connectivity index (χ0n) is 18.9. The summed E-state index contributed by atoms with van der Waals surface area (Å²) >= 11 is 6.43. The van der Waals surface area contributed by atoms with E-state index in [0.717, 1.165) is 16.0 Å². The Hall–Kier alpha value is -3.33. The molecule has 0 radical (unpaired) electrons. The molecule has 3 aromatic rings. The van der Waals surface area contributed by atoms with Crippen molar-refractivity contribution in [1.29, 1.82) is 0 Å². The van der Waals surface area contributed by atoms with Crippen LogP contribution in [0, 0.1) is 42.9 Å². The normalized spacial score (nSPS) is 13.8. The van der Waals surface area contributed by atoms with E-state index in [-0.39, 0.29) is 32.1 Å². The van der Waals surface area contributed by atoms with Crippen LogP contribution in [0.15, 0.2) is 36.4 Å². The second-order valence-electron chi connectivity index (χ2n) is 8.31. The number of carbonyl (C=O) groups is 1. The summed E-state index contributed by atoms with van der Waals surface area (Å²) in [5.74, 6) is -10.1. The average Bonchev–Trinajstić information content (AvgIpc) is 2.84. The van der Waals surface area contributed by atoms with Gasteiger partial charge >= 0.3 is 0 Å². The molecule has 0 aromatic heterocycles. The standard InChI is InChI=1S/C25H21ClF5N3O/c1-13-3-4-15(11-14(13)2)25(35)32-16-5-6-18(17(26)12-16)33-7-9-34(10-8-33)24-22(30)20(28)19(27)21(29)23(24)31/h3-6,11-12H,7-10H2,1-2H3,(H,32,35). The van der Waals surface area contributed by atoms with Crippen LogP contribution in [-0.4, -0.2) is 32.1 Å². The van der Waals surface area contributed by atoms with Crippen molar-refractivity contribution in [2.45, 2.75) is 13.8 Å². The zero-order valence-corrected chi connectivity index (χ0v) is 19.6. The average molecular weight is 510 g/mol. The summed E-state index contributed by atoms with van der Waals surface area (Å²) in [6.07, 6.45) is 0. The maximum atomic E-state index is 14.2. The molecule has 4 nitrogen and oxygen atoms in total. The van der Waals surface area contributed by atoms with E-state index in [1.165, 1.54) is 0 Å². The van der Waals surface area contributed by atoms with Crippen LogP contribution in [0.25, 0.3) is 0 Å². The second-order valence-corrected chi connectivity index (χ2v) is 8.72. The van der Waals surface area contributed by atoms with Crippen molar-refractivity contribution < 1.29 is 26.7 Å². The van der Waals surface area contributed by atoms with Crippen molar-refractivity contribution in [3.8, 4) is 0 Å². The van der Waals surface area contributed by atoms with Gasteiger partial charge in [-0.05, 0) is 55.3 Å². The fourth-order valence-corrected chi connectivity index (χ4v) is 4.27. The molecule has 1 amide bonds. The topological polar surface area (TPSA) is 35.6 Å². The van der Waals surface area contributed by atoms with Gasteiger partial charge in [0.15, 0.2) is 23.3 Å². The third-order valence-corrected chi connectivity index (χ3v) is 6.40. The second kappa shape index (κ2) is 9.73. The highest BCUT2D eigenvalue weighted by atomic mass is 35.5. The lowest BCUT2D eigenvalue weighted by atomic mass is 10.1. The molecule has 1 N–H and O–H groups in total. The molecule has 184 valence electrons. The Morgan fingerprint density at radius 3 is 1.91 bits per heavy atom. The summed E-state index contributed by atoms with van der Waals surface area (Å²) in [6, 6.07) is 10.4. The van der Waals surface area contributed by atoms with Gasteiger partial charge in [-0.2, -0.15) is 0 Å². The van der Waals surface area contributed by atoms with Gasteiger partial charge in [0.1, 0.15) is 5.69 Å². The number of carbonyl (C=O) groups excluding carboxylic acids is 1.